The first-order chi connectivity index (χ1) is 10.0. The van der Waals surface area contributed by atoms with Crippen molar-refractivity contribution in [1.82, 2.24) is 10.6 Å². The number of amides is 1. The smallest absolute Gasteiger partial charge is 0.230 e. The summed E-state index contributed by atoms with van der Waals surface area (Å²) in [4.78, 5) is 11.9. The molecule has 3 nitrogen and oxygen atoms in total. The summed E-state index contributed by atoms with van der Waals surface area (Å²) in [6.45, 7) is 3.12. The van der Waals surface area contributed by atoms with Gasteiger partial charge in [0, 0.05) is 27.9 Å². The fourth-order valence-electron chi connectivity index (χ4n) is 2.42. The molecule has 0 aromatic heterocycles. The zero-order chi connectivity index (χ0) is 15.2. The van der Waals surface area contributed by atoms with Gasteiger partial charge in [-0.3, -0.25) is 4.79 Å². The minimum Gasteiger partial charge on any atom is -0.353 e. The highest BCUT2D eigenvalue weighted by Crippen LogP contribution is 2.24. The molecular weight excluding hydrogens is 363 g/mol. The molecule has 0 spiro atoms. The zero-order valence-corrected chi connectivity index (χ0v) is 15.5. The van der Waals surface area contributed by atoms with E-state index in [-0.39, 0.29) is 18.3 Å². The van der Waals surface area contributed by atoms with Crippen molar-refractivity contribution in [3.63, 3.8) is 0 Å². The lowest BCUT2D eigenvalue weighted by Gasteiger charge is -2.28. The van der Waals surface area contributed by atoms with Crippen LogP contribution in [-0.2, 0) is 10.5 Å². The topological polar surface area (TPSA) is 41.1 Å². The van der Waals surface area contributed by atoms with Crippen molar-refractivity contribution >= 4 is 53.3 Å². The lowest BCUT2D eigenvalue weighted by molar-refractivity contribution is -0.119. The van der Waals surface area contributed by atoms with Crippen molar-refractivity contribution in [1.29, 1.82) is 0 Å². The van der Waals surface area contributed by atoms with E-state index in [0.29, 0.717) is 33.6 Å². The van der Waals surface area contributed by atoms with Crippen LogP contribution in [0.3, 0.4) is 0 Å². The fourth-order valence-corrected chi connectivity index (χ4v) is 3.82. The normalized spacial score (nSPS) is 21.0. The van der Waals surface area contributed by atoms with Gasteiger partial charge in [-0.25, -0.2) is 0 Å². The zero-order valence-electron chi connectivity index (χ0n) is 12.4. The van der Waals surface area contributed by atoms with E-state index in [9.17, 15) is 4.79 Å². The van der Waals surface area contributed by atoms with Gasteiger partial charge in [0.15, 0.2) is 0 Å². The second kappa shape index (κ2) is 9.89. The first kappa shape index (κ1) is 19.9. The van der Waals surface area contributed by atoms with Crippen LogP contribution < -0.4 is 10.6 Å². The summed E-state index contributed by atoms with van der Waals surface area (Å²) in [6, 6.07) is 6.23. The summed E-state index contributed by atoms with van der Waals surface area (Å²) in [6.07, 6.45) is 2.00. The average molecular weight is 384 g/mol. The molecule has 1 fully saturated rings. The van der Waals surface area contributed by atoms with Gasteiger partial charge in [-0.2, -0.15) is 0 Å². The molecule has 0 saturated carbocycles. The molecule has 0 aliphatic carbocycles. The van der Waals surface area contributed by atoms with Crippen LogP contribution in [0.5, 0.6) is 0 Å². The maximum absolute atomic E-state index is 11.9. The Morgan fingerprint density at radius 1 is 1.45 bits per heavy atom. The molecule has 0 bridgehead atoms. The second-order valence-electron chi connectivity index (χ2n) is 5.37. The monoisotopic (exact) mass is 382 g/mol. The Bertz CT molecular complexity index is 502. The van der Waals surface area contributed by atoms with Crippen molar-refractivity contribution in [3.8, 4) is 0 Å². The predicted octanol–water partition coefficient (Wildman–Crippen LogP) is 3.91. The van der Waals surface area contributed by atoms with Gasteiger partial charge in [-0.05, 0) is 44.0 Å². The van der Waals surface area contributed by atoms with Gasteiger partial charge < -0.3 is 10.6 Å². The van der Waals surface area contributed by atoms with Crippen molar-refractivity contribution in [2.75, 3.05) is 12.3 Å². The molecule has 2 rings (SSSR count). The van der Waals surface area contributed by atoms with Gasteiger partial charge in [0.1, 0.15) is 0 Å². The summed E-state index contributed by atoms with van der Waals surface area (Å²) >= 11 is 13.5. The molecule has 7 heteroatoms. The first-order valence-electron chi connectivity index (χ1n) is 7.09. The fraction of sp³-hybridized carbons (Fsp3) is 0.533. The molecule has 2 N–H and O–H groups in total. The van der Waals surface area contributed by atoms with E-state index in [1.165, 1.54) is 0 Å². The summed E-state index contributed by atoms with van der Waals surface area (Å²) < 4.78 is 0. The van der Waals surface area contributed by atoms with E-state index < -0.39 is 0 Å². The van der Waals surface area contributed by atoms with Crippen molar-refractivity contribution in [2.24, 2.45) is 0 Å². The molecule has 0 radical (unpaired) electrons. The molecule has 1 amide bonds. The second-order valence-corrected chi connectivity index (χ2v) is 7.20. The Labute approximate surface area is 152 Å². The Kier molecular flexibility index (Phi) is 8.95. The van der Waals surface area contributed by atoms with Crippen LogP contribution in [0.4, 0.5) is 0 Å². The molecule has 124 valence electrons. The van der Waals surface area contributed by atoms with Crippen LogP contribution in [0.2, 0.25) is 10.0 Å². The Hall–Kier alpha value is -0.130. The van der Waals surface area contributed by atoms with Crippen LogP contribution >= 0.6 is 47.4 Å². The number of thioether (sulfide) groups is 1. The van der Waals surface area contributed by atoms with Gasteiger partial charge in [0.05, 0.1) is 5.75 Å². The van der Waals surface area contributed by atoms with Crippen LogP contribution in [-0.4, -0.2) is 30.3 Å². The highest BCUT2D eigenvalue weighted by Gasteiger charge is 2.19. The largest absolute Gasteiger partial charge is 0.353 e. The average Bonchev–Trinajstić information content (AvgIpc) is 2.41. The highest BCUT2D eigenvalue weighted by atomic mass is 35.5. The van der Waals surface area contributed by atoms with E-state index in [4.69, 9.17) is 23.2 Å². The molecule has 1 saturated heterocycles. The van der Waals surface area contributed by atoms with Gasteiger partial charge >= 0.3 is 0 Å². The Morgan fingerprint density at radius 3 is 2.91 bits per heavy atom. The van der Waals surface area contributed by atoms with E-state index in [1.54, 1.807) is 17.8 Å². The number of nitrogens with one attached hydrogen (secondary N) is 2. The van der Waals surface area contributed by atoms with Crippen molar-refractivity contribution < 1.29 is 4.79 Å². The third-order valence-corrected chi connectivity index (χ3v) is 5.06. The maximum atomic E-state index is 11.9. The number of rotatable bonds is 5. The van der Waals surface area contributed by atoms with E-state index >= 15 is 0 Å². The maximum Gasteiger partial charge on any atom is 0.230 e. The molecule has 2 unspecified atom stereocenters. The number of benzene rings is 1. The SMILES string of the molecule is CC1CC(NC(=O)CSCc2ccc(Cl)cc2Cl)CCN1.Cl. The van der Waals surface area contributed by atoms with E-state index in [2.05, 4.69) is 17.6 Å². The van der Waals surface area contributed by atoms with Gasteiger partial charge in [0.25, 0.3) is 0 Å². The van der Waals surface area contributed by atoms with E-state index in [0.717, 1.165) is 24.9 Å². The minimum atomic E-state index is 0. The van der Waals surface area contributed by atoms with Crippen LogP contribution in [0, 0.1) is 0 Å². The number of hydrogen-bond acceptors (Lipinski definition) is 3. The summed E-state index contributed by atoms with van der Waals surface area (Å²) in [5.41, 5.74) is 1.01. The number of halogens is 3. The number of carbonyl (C=O) groups excluding carboxylic acids is 1. The third-order valence-electron chi connectivity index (χ3n) is 3.49. The summed E-state index contributed by atoms with van der Waals surface area (Å²) in [5, 5.41) is 7.77. The summed E-state index contributed by atoms with van der Waals surface area (Å²) in [7, 11) is 0. The van der Waals surface area contributed by atoms with Crippen LogP contribution in [0.25, 0.3) is 0 Å². The predicted molar refractivity (Wildman–Crippen MR) is 98.5 cm³/mol. The number of hydrogen-bond donors (Lipinski definition) is 2. The van der Waals surface area contributed by atoms with Gasteiger partial charge in [-0.15, -0.1) is 24.2 Å². The first-order valence-corrected chi connectivity index (χ1v) is 9.00. The lowest BCUT2D eigenvalue weighted by atomic mass is 10.0. The van der Waals surface area contributed by atoms with Gasteiger partial charge in [0.2, 0.25) is 5.91 Å². The number of carbonyl (C=O) groups is 1. The van der Waals surface area contributed by atoms with Crippen LogP contribution in [0.1, 0.15) is 25.3 Å². The Balaban J connectivity index is 0.00000242. The molecule has 1 aliphatic rings. The molecule has 22 heavy (non-hydrogen) atoms. The van der Waals surface area contributed by atoms with Crippen molar-refractivity contribution in [2.45, 2.75) is 37.6 Å². The quantitative estimate of drug-likeness (QED) is 0.810. The van der Waals surface area contributed by atoms with Crippen LogP contribution in [0.15, 0.2) is 18.2 Å². The third kappa shape index (κ3) is 6.55. The van der Waals surface area contributed by atoms with E-state index in [1.807, 2.05) is 12.1 Å². The molecule has 1 aromatic carbocycles. The molecule has 1 aromatic rings. The molecule has 1 heterocycles. The molecule has 1 aliphatic heterocycles. The standard InChI is InChI=1S/C15H20Cl2N2OS.ClH/c1-10-6-13(4-5-18-10)19-15(20)9-21-8-11-2-3-12(16)7-14(11)17;/h2-3,7,10,13,18H,4-6,8-9H2,1H3,(H,19,20);1H. The lowest BCUT2D eigenvalue weighted by Crippen LogP contribution is -2.47. The highest BCUT2D eigenvalue weighted by molar-refractivity contribution is 7.99. The summed E-state index contributed by atoms with van der Waals surface area (Å²) in [5.74, 6) is 1.27. The Morgan fingerprint density at radius 2 is 2.23 bits per heavy atom. The molecular formula is C15H21Cl3N2OS. The van der Waals surface area contributed by atoms with Gasteiger partial charge in [-0.1, -0.05) is 29.3 Å². The number of piperidine rings is 1. The molecule has 2 atom stereocenters. The van der Waals surface area contributed by atoms with Crippen molar-refractivity contribution in [3.05, 3.63) is 33.8 Å². The minimum absolute atomic E-state index is 0.